The lowest BCUT2D eigenvalue weighted by Crippen LogP contribution is -2.64. The van der Waals surface area contributed by atoms with E-state index < -0.39 is 237 Å². The summed E-state index contributed by atoms with van der Waals surface area (Å²) in [6.07, 6.45) is -14.1. The van der Waals surface area contributed by atoms with Gasteiger partial charge in [-0.2, -0.15) is 0 Å². The van der Waals surface area contributed by atoms with Gasteiger partial charge in [0.05, 0.1) is 41.3 Å². The number of aromatic hydroxyl groups is 3. The van der Waals surface area contributed by atoms with Crippen LogP contribution in [0.5, 0.6) is 46.0 Å². The van der Waals surface area contributed by atoms with Crippen molar-refractivity contribution in [3.05, 3.63) is 117 Å². The topological polar surface area (TPSA) is 530 Å². The Morgan fingerprint density at radius 3 is 1.93 bits per heavy atom. The van der Waals surface area contributed by atoms with Crippen LogP contribution >= 0.6 is 23.2 Å². The number of carboxylic acid groups (broad SMARTS) is 1. The highest BCUT2D eigenvalue weighted by Crippen LogP contribution is 2.50. The van der Waals surface area contributed by atoms with E-state index in [1.807, 2.05) is 13.8 Å². The summed E-state index contributed by atoms with van der Waals surface area (Å²) in [4.78, 5) is 118. The quantitative estimate of drug-likeness (QED) is 0.0528. The van der Waals surface area contributed by atoms with Gasteiger partial charge in [-0.25, -0.2) is 4.79 Å². The number of carbonyl (C=O) groups excluding carboxylic acids is 7. The van der Waals surface area contributed by atoms with Gasteiger partial charge in [-0.05, 0) is 116 Å². The summed E-state index contributed by atoms with van der Waals surface area (Å²) in [5.41, 5.74) is 8.12. The average Bonchev–Trinajstić information content (AvgIpc) is 0.767. The second-order valence-corrected chi connectivity index (χ2v) is 28.6. The maximum absolute atomic E-state index is 16.1. The third kappa shape index (κ3) is 18.2. The molecule has 11 bridgehead atoms. The van der Waals surface area contributed by atoms with Crippen molar-refractivity contribution in [1.82, 2.24) is 37.2 Å². The van der Waals surface area contributed by atoms with Gasteiger partial charge in [-0.3, -0.25) is 33.6 Å². The number of nitrogens with two attached hydrogens (primary N) is 2. The van der Waals surface area contributed by atoms with Crippen molar-refractivity contribution in [2.75, 3.05) is 13.2 Å². The molecule has 7 amide bonds. The molecule has 0 saturated carbocycles. The van der Waals surface area contributed by atoms with Gasteiger partial charge < -0.3 is 128 Å². The Morgan fingerprint density at radius 2 is 1.32 bits per heavy atom. The van der Waals surface area contributed by atoms with E-state index in [1.165, 1.54) is 26.0 Å². The Hall–Kier alpha value is -9.20. The second kappa shape index (κ2) is 33.9. The third-order valence-corrected chi connectivity index (χ3v) is 19.7. The SMILES string of the molecule is CCCCCCCN[C@H](CC(C)C)C(=O)N[C@H]1C(=O)N[C@@H](CC(N)=O)C(=O)N[C@@H]2C(=O)N[C@H]3C(=O)N[C@H](C(=O)N[C@H](C(=O)O)c4cc(O)cc(O)c4-c4cc3ccc4O)[C@H](O)c3ccc(c(Cl)c3)Oc3cc2cc(c3O[C@@H]2O[C@H](CO)[C@@H](O)[C@H](O)[C@H]2O[C@H]2C[C@](C)(N)[C@H](O)[C@H](C)O2)Oc2ccc(cc2Cl)[C@H]1O. The number of primary amides is 1. The molecule has 5 aromatic rings. The number of nitrogens with one attached hydrogen (secondary N) is 7. The Balaban J connectivity index is 1.21. The monoisotopic (exact) mass is 1530 g/mol. The Bertz CT molecular complexity index is 4190. The van der Waals surface area contributed by atoms with E-state index in [0.717, 1.165) is 92.4 Å². The maximum Gasteiger partial charge on any atom is 0.330 e. The van der Waals surface area contributed by atoms with Crippen molar-refractivity contribution in [3.63, 3.8) is 0 Å². The molecule has 0 radical (unpaired) electrons. The number of fused-ring (bicyclic) bond motifs is 15. The zero-order valence-electron chi connectivity index (χ0n) is 58.6. The first-order valence-corrected chi connectivity index (χ1v) is 35.4. The van der Waals surface area contributed by atoms with Crippen molar-refractivity contribution < 1.29 is 118 Å². The summed E-state index contributed by atoms with van der Waals surface area (Å²) in [6, 6.07) is -0.524. The lowest BCUT2D eigenvalue weighted by molar-refractivity contribution is -0.333. The van der Waals surface area contributed by atoms with Gasteiger partial charge in [0, 0.05) is 34.7 Å². The fourth-order valence-electron chi connectivity index (χ4n) is 13.4. The van der Waals surface area contributed by atoms with Gasteiger partial charge in [0.1, 0.15) is 89.5 Å². The number of ether oxygens (including phenoxy) is 6. The summed E-state index contributed by atoms with van der Waals surface area (Å²) in [5.74, 6) is -15.9. The fourth-order valence-corrected chi connectivity index (χ4v) is 13.9. The highest BCUT2D eigenvalue weighted by molar-refractivity contribution is 6.32. The molecule has 7 aliphatic rings. The Kier molecular flexibility index (Phi) is 25.5. The molecule has 7 heterocycles. The highest BCUT2D eigenvalue weighted by Gasteiger charge is 2.52. The lowest BCUT2D eigenvalue weighted by Gasteiger charge is -2.47. The number of phenols is 3. The number of carboxylic acids is 1. The van der Waals surface area contributed by atoms with Crippen molar-refractivity contribution >= 4 is 70.5 Å². The van der Waals surface area contributed by atoms with Crippen LogP contribution in [0.2, 0.25) is 10.0 Å². The smallest absolute Gasteiger partial charge is 0.330 e. The Morgan fingerprint density at radius 1 is 0.701 bits per heavy atom. The summed E-state index contributed by atoms with van der Waals surface area (Å²) in [7, 11) is 0. The molecule has 2 fully saturated rings. The van der Waals surface area contributed by atoms with Crippen molar-refractivity contribution in [3.8, 4) is 57.1 Å². The molecule has 2 saturated heterocycles. The number of halogens is 2. The number of carbonyl (C=O) groups is 8. The largest absolute Gasteiger partial charge is 0.508 e. The van der Waals surface area contributed by atoms with Crippen LogP contribution in [0.15, 0.2) is 78.9 Å². The number of aliphatic hydroxyl groups is 6. The predicted molar refractivity (Wildman–Crippen MR) is 377 cm³/mol. The molecule has 0 aliphatic carbocycles. The standard InChI is InChI=1S/C72H87Cl2N9O24/c1-6-7-8-9-10-17-77-40(18-29(2)3)64(94)82-55-57(89)32-12-15-44(38(73)20-32)103-46-22-34-23-47(61(46)107-71-62(60(92)59(91)48(28-84)105-71)106-50-27-72(5,76)63(93)30(4)102-50)104-45-16-13-33(21-39(45)74)58(90)56-69(99)81-54(70(100)101)37-24-35(85)25-43(87)51(37)36-19-31(11-14-42(36)86)52(66(96)83-56)80-67(97)53(34)79-65(95)41(26-49(75)88)78-68(55)98/h11-16,19-25,29-30,40-41,48,50,52-60,62-63,71,77,84-87,89-93H,6-10,17-18,26-28,76H2,1-5H3,(H2,75,88)(H,78,98)(H,79,95)(H,80,97)(H,81,99)(H,82,94)(H,83,96)(H,100,101)/t30-,40+,41-,48+,50-,52+,53-,54-,55+,56-,57+,58+,59+,60-,62+,63+,71-,72-/m0/s1. The number of phenolic OH excluding ortho intramolecular Hbond substituents is 3. The molecule has 5 aromatic carbocycles. The number of rotatable bonds is 19. The first kappa shape index (κ1) is 80.3. The van der Waals surface area contributed by atoms with Crippen LogP contribution in [0.1, 0.15) is 144 Å². The summed E-state index contributed by atoms with van der Waals surface area (Å²) >= 11 is 14.2. The van der Waals surface area contributed by atoms with Crippen molar-refractivity contribution in [2.45, 2.75) is 195 Å². The minimum Gasteiger partial charge on any atom is -0.508 e. The van der Waals surface area contributed by atoms with Crippen molar-refractivity contribution in [2.24, 2.45) is 17.4 Å². The van der Waals surface area contributed by atoms with Crippen LogP contribution in [0.25, 0.3) is 11.1 Å². The molecule has 12 rings (SSSR count). The summed E-state index contributed by atoms with van der Waals surface area (Å²) in [5, 5.41) is 132. The molecule has 18 atom stereocenters. The minimum absolute atomic E-state index is 0.0974. The van der Waals surface area contributed by atoms with Crippen LogP contribution in [0, 0.1) is 5.92 Å². The molecular formula is C72H87Cl2N9O24. The van der Waals surface area contributed by atoms with Crippen LogP contribution in [-0.2, 0) is 52.6 Å². The second-order valence-electron chi connectivity index (χ2n) is 27.8. The first-order chi connectivity index (χ1) is 50.7. The third-order valence-electron chi connectivity index (χ3n) is 19.1. The lowest BCUT2D eigenvalue weighted by atomic mass is 9.86. The normalized spacial score (nSPS) is 28.5. The van der Waals surface area contributed by atoms with Gasteiger partial charge in [0.15, 0.2) is 29.9 Å². The highest BCUT2D eigenvalue weighted by atomic mass is 35.5. The van der Waals surface area contributed by atoms with Crippen LogP contribution in [0.3, 0.4) is 0 Å². The van der Waals surface area contributed by atoms with Gasteiger partial charge in [-0.15, -0.1) is 0 Å². The van der Waals surface area contributed by atoms with E-state index in [0.29, 0.717) is 13.0 Å². The zero-order chi connectivity index (χ0) is 77.8. The molecule has 7 aliphatic heterocycles. The van der Waals surface area contributed by atoms with E-state index >= 15 is 19.2 Å². The number of hydrogen-bond donors (Lipinski definition) is 19. The van der Waals surface area contributed by atoms with Crippen LogP contribution in [0.4, 0.5) is 0 Å². The van der Waals surface area contributed by atoms with Crippen molar-refractivity contribution in [1.29, 1.82) is 0 Å². The van der Waals surface area contributed by atoms with E-state index in [9.17, 15) is 70.2 Å². The first-order valence-electron chi connectivity index (χ1n) is 34.7. The molecule has 578 valence electrons. The number of unbranched alkanes of at least 4 members (excludes halogenated alkanes) is 4. The fraction of sp³-hybridized carbons (Fsp3) is 0.472. The summed E-state index contributed by atoms with van der Waals surface area (Å²) in [6.45, 7) is 8.22. The van der Waals surface area contributed by atoms with E-state index in [4.69, 9.17) is 63.1 Å². The molecule has 0 unspecified atom stereocenters. The predicted octanol–water partition coefficient (Wildman–Crippen LogP) is 2.45. The molecule has 21 N–H and O–H groups in total. The van der Waals surface area contributed by atoms with Gasteiger partial charge in [-0.1, -0.05) is 87.9 Å². The van der Waals surface area contributed by atoms with Crippen LogP contribution in [-0.4, -0.2) is 190 Å². The molecule has 0 spiro atoms. The minimum atomic E-state index is -2.35. The summed E-state index contributed by atoms with van der Waals surface area (Å²) < 4.78 is 38.5. The molecule has 35 heteroatoms. The van der Waals surface area contributed by atoms with E-state index in [1.54, 1.807) is 0 Å². The molecular weight excluding hydrogens is 1450 g/mol. The Labute approximate surface area is 622 Å². The van der Waals surface area contributed by atoms with Gasteiger partial charge in [0.25, 0.3) is 0 Å². The number of aliphatic hydroxyl groups excluding tert-OH is 6. The zero-order valence-corrected chi connectivity index (χ0v) is 60.1. The average molecular weight is 1530 g/mol. The number of aliphatic carboxylic acids is 1. The maximum atomic E-state index is 16.1. The number of benzene rings is 5. The van der Waals surface area contributed by atoms with Gasteiger partial charge >= 0.3 is 5.97 Å². The van der Waals surface area contributed by atoms with Gasteiger partial charge in [0.2, 0.25) is 53.4 Å². The number of amides is 7. The molecule has 0 aromatic heterocycles. The van der Waals surface area contributed by atoms with E-state index in [2.05, 4.69) is 44.1 Å². The van der Waals surface area contributed by atoms with Crippen LogP contribution < -0.4 is 62.9 Å². The van der Waals surface area contributed by atoms with E-state index in [-0.39, 0.29) is 46.2 Å². The molecule has 107 heavy (non-hydrogen) atoms. The molecule has 33 nitrogen and oxygen atoms in total. The number of hydrogen-bond acceptors (Lipinski definition) is 25.